The molecule has 2 atom stereocenters. The van der Waals surface area contributed by atoms with Gasteiger partial charge < -0.3 is 20.4 Å². The van der Waals surface area contributed by atoms with Gasteiger partial charge in [0.1, 0.15) is 0 Å². The Morgan fingerprint density at radius 2 is 2.29 bits per heavy atom. The highest BCUT2D eigenvalue weighted by atomic mass is 16.5. The number of ether oxygens (including phenoxy) is 1. The minimum Gasteiger partial charge on any atom is -0.374 e. The molecule has 0 aliphatic carbocycles. The van der Waals surface area contributed by atoms with E-state index in [4.69, 9.17) is 4.74 Å². The molecule has 3 N–H and O–H groups in total. The highest BCUT2D eigenvalue weighted by Crippen LogP contribution is 2.21. The van der Waals surface area contributed by atoms with Crippen LogP contribution in [0, 0.1) is 12.8 Å². The lowest BCUT2D eigenvalue weighted by Gasteiger charge is -2.33. The van der Waals surface area contributed by atoms with Crippen molar-refractivity contribution >= 4 is 16.7 Å². The second kappa shape index (κ2) is 7.32. The van der Waals surface area contributed by atoms with Gasteiger partial charge in [-0.25, -0.2) is 4.98 Å². The Morgan fingerprint density at radius 1 is 1.46 bits per heavy atom. The van der Waals surface area contributed by atoms with Crippen molar-refractivity contribution in [3.63, 3.8) is 0 Å². The van der Waals surface area contributed by atoms with Crippen molar-refractivity contribution in [2.24, 2.45) is 5.92 Å². The van der Waals surface area contributed by atoms with Crippen LogP contribution in [0.3, 0.4) is 0 Å². The Hall–Kier alpha value is -1.92. The van der Waals surface area contributed by atoms with Crippen LogP contribution in [0.2, 0.25) is 0 Å². The second-order valence-electron chi connectivity index (χ2n) is 6.91. The lowest BCUT2D eigenvalue weighted by molar-refractivity contribution is 0.0142. The molecular weight excluding hydrogens is 304 g/mol. The van der Waals surface area contributed by atoms with Crippen LogP contribution in [0.5, 0.6) is 0 Å². The van der Waals surface area contributed by atoms with Gasteiger partial charge in [-0.15, -0.1) is 0 Å². The zero-order valence-electron chi connectivity index (χ0n) is 14.6. The van der Waals surface area contributed by atoms with Crippen molar-refractivity contribution in [2.45, 2.75) is 39.3 Å². The first-order valence-electron chi connectivity index (χ1n) is 8.62. The van der Waals surface area contributed by atoms with Gasteiger partial charge in [-0.3, -0.25) is 4.79 Å². The van der Waals surface area contributed by atoms with Crippen LogP contribution in [0.25, 0.3) is 10.9 Å². The molecule has 6 heteroatoms. The van der Waals surface area contributed by atoms with Gasteiger partial charge in [0.25, 0.3) is 5.56 Å². The van der Waals surface area contributed by atoms with E-state index in [1.807, 2.05) is 19.1 Å². The van der Waals surface area contributed by atoms with Crippen LogP contribution >= 0.6 is 0 Å². The van der Waals surface area contributed by atoms with Gasteiger partial charge in [-0.05, 0) is 37.9 Å². The lowest BCUT2D eigenvalue weighted by Crippen LogP contribution is -2.49. The number of aromatic amines is 1. The number of nitrogens with zero attached hydrogens (tertiary/aromatic N) is 1. The summed E-state index contributed by atoms with van der Waals surface area (Å²) in [4.78, 5) is 19.4. The number of H-pyrrole nitrogens is 1. The highest BCUT2D eigenvalue weighted by Gasteiger charge is 2.26. The van der Waals surface area contributed by atoms with Gasteiger partial charge in [0.2, 0.25) is 0 Å². The van der Waals surface area contributed by atoms with E-state index in [0.717, 1.165) is 42.8 Å². The number of anilines is 1. The SMILES string of the molecule is Cc1cc2ccnc(N[C@H]3CCNC[C@H]3OCC(C)C)c2[nH]c1=O. The number of rotatable bonds is 5. The van der Waals surface area contributed by atoms with Crippen molar-refractivity contribution in [1.29, 1.82) is 0 Å². The van der Waals surface area contributed by atoms with E-state index in [1.54, 1.807) is 6.20 Å². The van der Waals surface area contributed by atoms with Gasteiger partial charge in [0.15, 0.2) is 5.82 Å². The standard InChI is InChI=1S/C18H26N4O2/c1-11(2)10-24-15-9-19-6-5-14(15)21-17-16-13(4-7-20-17)8-12(3)18(23)22-16/h4,7-8,11,14-15,19H,5-6,9-10H2,1-3H3,(H,20,21)(H,22,23)/t14-,15+/m0/s1. The normalized spacial score (nSPS) is 21.3. The second-order valence-corrected chi connectivity index (χ2v) is 6.91. The molecule has 130 valence electrons. The van der Waals surface area contributed by atoms with E-state index in [9.17, 15) is 4.79 Å². The molecule has 1 saturated heterocycles. The number of piperidine rings is 1. The molecule has 3 rings (SSSR count). The number of aryl methyl sites for hydroxylation is 1. The summed E-state index contributed by atoms with van der Waals surface area (Å²) in [6.07, 6.45) is 2.82. The molecular formula is C18H26N4O2. The fourth-order valence-electron chi connectivity index (χ4n) is 3.01. The molecule has 0 saturated carbocycles. The highest BCUT2D eigenvalue weighted by molar-refractivity contribution is 5.88. The van der Waals surface area contributed by atoms with E-state index in [2.05, 4.69) is 34.4 Å². The van der Waals surface area contributed by atoms with Gasteiger partial charge in [0.05, 0.1) is 17.7 Å². The smallest absolute Gasteiger partial charge is 0.251 e. The summed E-state index contributed by atoms with van der Waals surface area (Å²) in [7, 11) is 0. The molecule has 2 aromatic heterocycles. The maximum atomic E-state index is 12.0. The molecule has 0 aromatic carbocycles. The van der Waals surface area contributed by atoms with Gasteiger partial charge in [-0.2, -0.15) is 0 Å². The summed E-state index contributed by atoms with van der Waals surface area (Å²) in [5, 5.41) is 7.87. The molecule has 0 bridgehead atoms. The number of hydrogen-bond donors (Lipinski definition) is 3. The van der Waals surface area contributed by atoms with Gasteiger partial charge >= 0.3 is 0 Å². The van der Waals surface area contributed by atoms with Gasteiger partial charge in [-0.1, -0.05) is 13.8 Å². The molecule has 0 spiro atoms. The summed E-state index contributed by atoms with van der Waals surface area (Å²) >= 11 is 0. The largest absolute Gasteiger partial charge is 0.374 e. The van der Waals surface area contributed by atoms with Crippen LogP contribution < -0.4 is 16.2 Å². The molecule has 0 unspecified atom stereocenters. The number of pyridine rings is 2. The van der Waals surface area contributed by atoms with Crippen molar-refractivity contribution in [3.8, 4) is 0 Å². The topological polar surface area (TPSA) is 79.0 Å². The predicted octanol–water partition coefficient (Wildman–Crippen LogP) is 2.05. The van der Waals surface area contributed by atoms with E-state index >= 15 is 0 Å². The third-order valence-electron chi connectivity index (χ3n) is 4.34. The predicted molar refractivity (Wildman–Crippen MR) is 96.6 cm³/mol. The third-order valence-corrected chi connectivity index (χ3v) is 4.34. The Balaban J connectivity index is 1.84. The number of aromatic nitrogens is 2. The monoisotopic (exact) mass is 330 g/mol. The van der Waals surface area contributed by atoms with Crippen molar-refractivity contribution in [1.82, 2.24) is 15.3 Å². The number of hydrogen-bond acceptors (Lipinski definition) is 5. The summed E-state index contributed by atoms with van der Waals surface area (Å²) < 4.78 is 6.06. The van der Waals surface area contributed by atoms with E-state index in [0.29, 0.717) is 11.5 Å². The lowest BCUT2D eigenvalue weighted by atomic mass is 10.0. The Bertz CT molecular complexity index is 756. The van der Waals surface area contributed by atoms with Crippen molar-refractivity contribution < 1.29 is 4.74 Å². The molecule has 3 heterocycles. The Labute approximate surface area is 142 Å². The first-order valence-corrected chi connectivity index (χ1v) is 8.62. The quantitative estimate of drug-likeness (QED) is 0.782. The van der Waals surface area contributed by atoms with Crippen molar-refractivity contribution in [3.05, 3.63) is 34.2 Å². The zero-order valence-corrected chi connectivity index (χ0v) is 14.6. The fraction of sp³-hybridized carbons (Fsp3) is 0.556. The third kappa shape index (κ3) is 3.76. The fourth-order valence-corrected chi connectivity index (χ4v) is 3.01. The average molecular weight is 330 g/mol. The first-order chi connectivity index (χ1) is 11.5. The molecule has 2 aromatic rings. The maximum Gasteiger partial charge on any atom is 0.251 e. The zero-order chi connectivity index (χ0) is 17.1. The summed E-state index contributed by atoms with van der Waals surface area (Å²) in [5.41, 5.74) is 1.39. The van der Waals surface area contributed by atoms with E-state index in [1.165, 1.54) is 0 Å². The molecule has 1 fully saturated rings. The minimum absolute atomic E-state index is 0.0727. The Morgan fingerprint density at radius 3 is 3.08 bits per heavy atom. The van der Waals surface area contributed by atoms with Crippen LogP contribution in [-0.4, -0.2) is 41.8 Å². The summed E-state index contributed by atoms with van der Waals surface area (Å²) in [6, 6.07) is 3.99. The Kier molecular flexibility index (Phi) is 5.16. The maximum absolute atomic E-state index is 12.0. The average Bonchev–Trinajstić information content (AvgIpc) is 2.56. The minimum atomic E-state index is -0.0727. The first kappa shape index (κ1) is 16.9. The molecule has 6 nitrogen and oxygen atoms in total. The van der Waals surface area contributed by atoms with E-state index in [-0.39, 0.29) is 17.7 Å². The molecule has 24 heavy (non-hydrogen) atoms. The molecule has 0 radical (unpaired) electrons. The number of fused-ring (bicyclic) bond motifs is 1. The van der Waals surface area contributed by atoms with Crippen LogP contribution in [0.1, 0.15) is 25.8 Å². The number of nitrogens with one attached hydrogen (secondary N) is 3. The van der Waals surface area contributed by atoms with Crippen LogP contribution in [0.15, 0.2) is 23.1 Å². The van der Waals surface area contributed by atoms with E-state index < -0.39 is 0 Å². The van der Waals surface area contributed by atoms with Gasteiger partial charge in [0, 0.05) is 30.3 Å². The molecule has 1 aliphatic heterocycles. The molecule has 1 aliphatic rings. The van der Waals surface area contributed by atoms with Crippen LogP contribution in [-0.2, 0) is 4.74 Å². The van der Waals surface area contributed by atoms with Crippen LogP contribution in [0.4, 0.5) is 5.82 Å². The van der Waals surface area contributed by atoms with Crippen molar-refractivity contribution in [2.75, 3.05) is 25.0 Å². The molecule has 0 amide bonds. The summed E-state index contributed by atoms with van der Waals surface area (Å²) in [5.74, 6) is 1.22. The summed E-state index contributed by atoms with van der Waals surface area (Å²) in [6.45, 7) is 8.62.